The van der Waals surface area contributed by atoms with Crippen molar-refractivity contribution in [2.45, 2.75) is 38.0 Å². The summed E-state index contributed by atoms with van der Waals surface area (Å²) in [6.45, 7) is 1.22. The van der Waals surface area contributed by atoms with Gasteiger partial charge in [0.15, 0.2) is 5.79 Å². The summed E-state index contributed by atoms with van der Waals surface area (Å²) in [5.41, 5.74) is 0. The molecule has 2 fully saturated rings. The first-order chi connectivity index (χ1) is 6.46. The summed E-state index contributed by atoms with van der Waals surface area (Å²) < 4.78 is 14.1. The number of aliphatic carboxylic acids is 1. The molecule has 0 unspecified atom stereocenters. The van der Waals surface area contributed by atoms with Gasteiger partial charge < -0.3 is 5.11 Å². The maximum absolute atomic E-state index is 14.1. The Morgan fingerprint density at radius 3 is 2.64 bits per heavy atom. The number of piperidine rings is 1. The summed E-state index contributed by atoms with van der Waals surface area (Å²) in [5.74, 6) is -3.48. The summed E-state index contributed by atoms with van der Waals surface area (Å²) in [6.07, 6.45) is 1.03. The number of hydrogen-bond acceptors (Lipinski definition) is 2. The second-order valence-electron chi connectivity index (χ2n) is 4.09. The number of rotatable bonds is 1. The number of nitrogens with zero attached hydrogens (tertiary/aromatic N) is 1. The SMILES string of the molecule is CC(=O)N1[C@H](C(=O)O)[C@@H]2CC[C@@]1(F)C2. The molecule has 0 spiro atoms. The molecule has 5 heteroatoms. The fraction of sp³-hybridized carbons (Fsp3) is 0.778. The number of halogens is 1. The lowest BCUT2D eigenvalue weighted by Gasteiger charge is -2.35. The Labute approximate surface area is 80.7 Å². The first kappa shape index (κ1) is 9.43. The summed E-state index contributed by atoms with van der Waals surface area (Å²) in [5, 5.41) is 8.91. The first-order valence-corrected chi connectivity index (χ1v) is 4.67. The van der Waals surface area contributed by atoms with E-state index in [1.807, 2.05) is 0 Å². The number of carboxylic acid groups (broad SMARTS) is 1. The number of alkyl halides is 1. The maximum atomic E-state index is 14.1. The lowest BCUT2D eigenvalue weighted by Crippen LogP contribution is -2.52. The Hall–Kier alpha value is -1.13. The van der Waals surface area contributed by atoms with Crippen LogP contribution in [0, 0.1) is 5.92 Å². The Kier molecular flexibility index (Phi) is 1.81. The van der Waals surface area contributed by atoms with E-state index in [4.69, 9.17) is 5.11 Å². The van der Waals surface area contributed by atoms with Gasteiger partial charge in [0.25, 0.3) is 0 Å². The van der Waals surface area contributed by atoms with Gasteiger partial charge in [-0.2, -0.15) is 0 Å². The molecular formula is C9H12FNO3. The molecule has 0 radical (unpaired) electrons. The molecule has 1 saturated carbocycles. The van der Waals surface area contributed by atoms with Gasteiger partial charge in [0.1, 0.15) is 6.04 Å². The molecule has 1 heterocycles. The van der Waals surface area contributed by atoms with Crippen molar-refractivity contribution in [3.05, 3.63) is 0 Å². The van der Waals surface area contributed by atoms with Crippen LogP contribution in [0.2, 0.25) is 0 Å². The molecule has 0 aromatic carbocycles. The second-order valence-corrected chi connectivity index (χ2v) is 4.09. The molecule has 3 atom stereocenters. The first-order valence-electron chi connectivity index (χ1n) is 4.67. The highest BCUT2D eigenvalue weighted by Gasteiger charge is 2.60. The molecule has 78 valence electrons. The molecule has 2 rings (SSSR count). The van der Waals surface area contributed by atoms with Crippen molar-refractivity contribution in [3.8, 4) is 0 Å². The summed E-state index contributed by atoms with van der Waals surface area (Å²) >= 11 is 0. The Bertz CT molecular complexity index is 306. The molecule has 0 aromatic rings. The Balaban J connectivity index is 2.35. The molecule has 1 aliphatic carbocycles. The van der Waals surface area contributed by atoms with Crippen LogP contribution in [-0.4, -0.2) is 33.7 Å². The summed E-state index contributed by atoms with van der Waals surface area (Å²) in [4.78, 5) is 23.0. The second kappa shape index (κ2) is 2.68. The lowest BCUT2D eigenvalue weighted by atomic mass is 9.99. The molecule has 0 aromatic heterocycles. The van der Waals surface area contributed by atoms with E-state index >= 15 is 0 Å². The van der Waals surface area contributed by atoms with Gasteiger partial charge in [0.05, 0.1) is 0 Å². The van der Waals surface area contributed by atoms with Crippen LogP contribution in [0.5, 0.6) is 0 Å². The van der Waals surface area contributed by atoms with Crippen molar-refractivity contribution < 1.29 is 19.1 Å². The van der Waals surface area contributed by atoms with Crippen molar-refractivity contribution in [3.63, 3.8) is 0 Å². The van der Waals surface area contributed by atoms with E-state index in [-0.39, 0.29) is 18.8 Å². The molecule has 1 N–H and O–H groups in total. The Morgan fingerprint density at radius 2 is 2.21 bits per heavy atom. The average Bonchev–Trinajstić information content (AvgIpc) is 2.55. The third-order valence-corrected chi connectivity index (χ3v) is 3.22. The normalized spacial score (nSPS) is 40.3. The predicted octanol–water partition coefficient (Wildman–Crippen LogP) is 0.768. The molecule has 2 bridgehead atoms. The fourth-order valence-corrected chi connectivity index (χ4v) is 2.75. The molecule has 4 nitrogen and oxygen atoms in total. The van der Waals surface area contributed by atoms with Gasteiger partial charge in [0.2, 0.25) is 5.91 Å². The van der Waals surface area contributed by atoms with Crippen molar-refractivity contribution >= 4 is 11.9 Å². The van der Waals surface area contributed by atoms with Crippen LogP contribution in [0.25, 0.3) is 0 Å². The highest BCUT2D eigenvalue weighted by Crippen LogP contribution is 2.51. The van der Waals surface area contributed by atoms with Crippen LogP contribution >= 0.6 is 0 Å². The van der Waals surface area contributed by atoms with Crippen molar-refractivity contribution in [1.82, 2.24) is 4.90 Å². The standard InChI is InChI=1S/C9H12FNO3/c1-5(12)11-7(8(13)14)6-2-3-9(11,10)4-6/h6-7H,2-4H2,1H3,(H,13,14)/t6-,7+,9+/m1/s1. The van der Waals surface area contributed by atoms with Gasteiger partial charge in [-0.15, -0.1) is 0 Å². The van der Waals surface area contributed by atoms with Gasteiger partial charge in [-0.25, -0.2) is 9.18 Å². The van der Waals surface area contributed by atoms with Crippen molar-refractivity contribution in [1.29, 1.82) is 0 Å². The van der Waals surface area contributed by atoms with Gasteiger partial charge in [-0.1, -0.05) is 0 Å². The molecule has 1 amide bonds. The van der Waals surface area contributed by atoms with Crippen molar-refractivity contribution in [2.24, 2.45) is 5.92 Å². The molecular weight excluding hydrogens is 189 g/mol. The van der Waals surface area contributed by atoms with Crippen LogP contribution in [0.3, 0.4) is 0 Å². The van der Waals surface area contributed by atoms with Crippen LogP contribution in [0.4, 0.5) is 4.39 Å². The number of carbonyl (C=O) groups excluding carboxylic acids is 1. The van der Waals surface area contributed by atoms with Crippen LogP contribution in [0.15, 0.2) is 0 Å². The maximum Gasteiger partial charge on any atom is 0.326 e. The van der Waals surface area contributed by atoms with E-state index in [2.05, 4.69) is 0 Å². The monoisotopic (exact) mass is 201 g/mol. The van der Waals surface area contributed by atoms with Crippen LogP contribution in [0.1, 0.15) is 26.2 Å². The van der Waals surface area contributed by atoms with E-state index in [1.54, 1.807) is 0 Å². The van der Waals surface area contributed by atoms with Crippen LogP contribution < -0.4 is 0 Å². The van der Waals surface area contributed by atoms with E-state index in [9.17, 15) is 14.0 Å². The van der Waals surface area contributed by atoms with Gasteiger partial charge in [0, 0.05) is 19.8 Å². The van der Waals surface area contributed by atoms with E-state index in [1.165, 1.54) is 6.92 Å². The number of likely N-dealkylation sites (tertiary alicyclic amines) is 1. The van der Waals surface area contributed by atoms with E-state index in [0.29, 0.717) is 6.42 Å². The highest BCUT2D eigenvalue weighted by molar-refractivity contribution is 5.84. The number of carboxylic acids is 1. The van der Waals surface area contributed by atoms with Gasteiger partial charge >= 0.3 is 5.97 Å². The molecule has 1 saturated heterocycles. The van der Waals surface area contributed by atoms with Crippen LogP contribution in [-0.2, 0) is 9.59 Å². The smallest absolute Gasteiger partial charge is 0.326 e. The van der Waals surface area contributed by atoms with E-state index in [0.717, 1.165) is 4.90 Å². The zero-order valence-corrected chi connectivity index (χ0v) is 7.86. The zero-order chi connectivity index (χ0) is 10.5. The molecule has 14 heavy (non-hydrogen) atoms. The number of fused-ring (bicyclic) bond motifs is 2. The minimum Gasteiger partial charge on any atom is -0.480 e. The molecule has 2 aliphatic rings. The summed E-state index contributed by atoms with van der Waals surface area (Å²) in [7, 11) is 0. The quantitative estimate of drug-likeness (QED) is 0.637. The number of carbonyl (C=O) groups is 2. The van der Waals surface area contributed by atoms with Gasteiger partial charge in [-0.05, 0) is 12.3 Å². The molecule has 1 aliphatic heterocycles. The summed E-state index contributed by atoms with van der Waals surface area (Å²) in [6, 6.07) is -0.953. The topological polar surface area (TPSA) is 57.6 Å². The van der Waals surface area contributed by atoms with Crippen molar-refractivity contribution in [2.75, 3.05) is 0 Å². The average molecular weight is 201 g/mol. The van der Waals surface area contributed by atoms with Gasteiger partial charge in [-0.3, -0.25) is 9.69 Å². The van der Waals surface area contributed by atoms with E-state index < -0.39 is 23.7 Å². The number of hydrogen-bond donors (Lipinski definition) is 1. The highest BCUT2D eigenvalue weighted by atomic mass is 19.1. The number of amides is 1. The minimum absolute atomic E-state index is 0.184. The third-order valence-electron chi connectivity index (χ3n) is 3.22. The lowest BCUT2D eigenvalue weighted by molar-refractivity contribution is -0.160. The fourth-order valence-electron chi connectivity index (χ4n) is 2.75. The minimum atomic E-state index is -1.69. The largest absolute Gasteiger partial charge is 0.480 e. The predicted molar refractivity (Wildman–Crippen MR) is 45.1 cm³/mol. The zero-order valence-electron chi connectivity index (χ0n) is 7.86. The Morgan fingerprint density at radius 1 is 1.57 bits per heavy atom. The third kappa shape index (κ3) is 1.04.